The highest BCUT2D eigenvalue weighted by Gasteiger charge is 2.34. The van der Waals surface area contributed by atoms with Gasteiger partial charge < -0.3 is 19.7 Å². The summed E-state index contributed by atoms with van der Waals surface area (Å²) < 4.78 is 11.0. The van der Waals surface area contributed by atoms with Crippen LogP contribution >= 0.6 is 0 Å². The molecule has 6 heteroatoms. The molecule has 1 heterocycles. The van der Waals surface area contributed by atoms with E-state index in [0.717, 1.165) is 24.8 Å². The Balaban J connectivity index is 1.55. The van der Waals surface area contributed by atoms with Gasteiger partial charge in [-0.05, 0) is 57.1 Å². The Bertz CT molecular complexity index is 864. The second-order valence-corrected chi connectivity index (χ2v) is 9.35. The minimum Gasteiger partial charge on any atom is -0.445 e. The summed E-state index contributed by atoms with van der Waals surface area (Å²) in [7, 11) is 0. The van der Waals surface area contributed by atoms with Gasteiger partial charge in [-0.1, -0.05) is 60.7 Å². The van der Waals surface area contributed by atoms with E-state index in [2.05, 4.69) is 17.4 Å². The predicted octanol–water partition coefficient (Wildman–Crippen LogP) is 5.17. The van der Waals surface area contributed by atoms with Crippen LogP contribution in [0.3, 0.4) is 0 Å². The lowest BCUT2D eigenvalue weighted by Crippen LogP contribution is -2.50. The van der Waals surface area contributed by atoms with Crippen molar-refractivity contribution in [3.63, 3.8) is 0 Å². The first-order valence-corrected chi connectivity index (χ1v) is 11.3. The quantitative estimate of drug-likeness (QED) is 0.675. The minimum atomic E-state index is -0.532. The third-order valence-electron chi connectivity index (χ3n) is 5.51. The molecule has 2 amide bonds. The SMILES string of the molecule is CC(C)(C)OC(=O)N1CCC(CNC(=O)OCc2ccccc2)CC1Cc1ccccc1. The first-order valence-electron chi connectivity index (χ1n) is 11.3. The number of likely N-dealkylation sites (tertiary alicyclic amines) is 1. The summed E-state index contributed by atoms with van der Waals surface area (Å²) in [4.78, 5) is 26.8. The molecular weight excluding hydrogens is 404 g/mol. The van der Waals surface area contributed by atoms with Crippen LogP contribution in [0.25, 0.3) is 0 Å². The van der Waals surface area contributed by atoms with Gasteiger partial charge in [0.2, 0.25) is 0 Å². The number of hydrogen-bond donors (Lipinski definition) is 1. The number of nitrogens with zero attached hydrogens (tertiary/aromatic N) is 1. The van der Waals surface area contributed by atoms with E-state index in [-0.39, 0.29) is 24.7 Å². The summed E-state index contributed by atoms with van der Waals surface area (Å²) in [5.74, 6) is 0.270. The molecular formula is C26H34N2O4. The Morgan fingerprint density at radius 3 is 2.25 bits per heavy atom. The molecule has 3 rings (SSSR count). The Hall–Kier alpha value is -3.02. The van der Waals surface area contributed by atoms with Gasteiger partial charge in [-0.15, -0.1) is 0 Å². The van der Waals surface area contributed by atoms with Crippen LogP contribution in [0.15, 0.2) is 60.7 Å². The maximum absolute atomic E-state index is 12.8. The molecule has 0 bridgehead atoms. The number of carbonyl (C=O) groups excluding carboxylic acids is 2. The normalized spacial score (nSPS) is 18.7. The zero-order chi connectivity index (χ0) is 23.0. The van der Waals surface area contributed by atoms with Crippen molar-refractivity contribution in [1.82, 2.24) is 10.2 Å². The Labute approximate surface area is 190 Å². The molecule has 2 atom stereocenters. The van der Waals surface area contributed by atoms with Crippen molar-refractivity contribution >= 4 is 12.2 Å². The first kappa shape index (κ1) is 23.6. The van der Waals surface area contributed by atoms with Crippen molar-refractivity contribution in [3.8, 4) is 0 Å². The second kappa shape index (κ2) is 11.0. The Morgan fingerprint density at radius 1 is 1.00 bits per heavy atom. The molecule has 0 aliphatic carbocycles. The summed E-state index contributed by atoms with van der Waals surface area (Å²) in [6, 6.07) is 19.8. The second-order valence-electron chi connectivity index (χ2n) is 9.35. The van der Waals surface area contributed by atoms with Crippen LogP contribution in [-0.4, -0.2) is 41.8 Å². The summed E-state index contributed by atoms with van der Waals surface area (Å²) >= 11 is 0. The number of hydrogen-bond acceptors (Lipinski definition) is 4. The third kappa shape index (κ3) is 7.59. The van der Waals surface area contributed by atoms with Gasteiger partial charge in [0.05, 0.1) is 0 Å². The number of piperidine rings is 1. The predicted molar refractivity (Wildman–Crippen MR) is 124 cm³/mol. The first-order chi connectivity index (χ1) is 15.3. The topological polar surface area (TPSA) is 67.9 Å². The molecule has 32 heavy (non-hydrogen) atoms. The summed E-state index contributed by atoms with van der Waals surface area (Å²) in [5.41, 5.74) is 1.60. The van der Waals surface area contributed by atoms with Gasteiger partial charge in [0.25, 0.3) is 0 Å². The van der Waals surface area contributed by atoms with E-state index < -0.39 is 11.7 Å². The fourth-order valence-corrected chi connectivity index (χ4v) is 3.96. The van der Waals surface area contributed by atoms with Crippen LogP contribution in [0, 0.1) is 5.92 Å². The molecule has 172 valence electrons. The number of benzene rings is 2. The number of alkyl carbamates (subject to hydrolysis) is 1. The van der Waals surface area contributed by atoms with E-state index in [4.69, 9.17) is 9.47 Å². The molecule has 2 aromatic carbocycles. The summed E-state index contributed by atoms with van der Waals surface area (Å²) in [6.45, 7) is 7.04. The van der Waals surface area contributed by atoms with Crippen molar-refractivity contribution in [2.24, 2.45) is 5.92 Å². The fourth-order valence-electron chi connectivity index (χ4n) is 3.96. The van der Waals surface area contributed by atoms with Gasteiger partial charge in [-0.25, -0.2) is 9.59 Å². The molecule has 1 fully saturated rings. The lowest BCUT2D eigenvalue weighted by Gasteiger charge is -2.40. The molecule has 1 N–H and O–H groups in total. The van der Waals surface area contributed by atoms with Crippen molar-refractivity contribution in [3.05, 3.63) is 71.8 Å². The van der Waals surface area contributed by atoms with Gasteiger partial charge in [0, 0.05) is 19.1 Å². The molecule has 0 spiro atoms. The molecule has 1 saturated heterocycles. The maximum Gasteiger partial charge on any atom is 0.410 e. The minimum absolute atomic E-state index is 0.0214. The molecule has 0 saturated carbocycles. The van der Waals surface area contributed by atoms with E-state index in [1.54, 1.807) is 0 Å². The average molecular weight is 439 g/mol. The van der Waals surface area contributed by atoms with Crippen LogP contribution in [-0.2, 0) is 22.5 Å². The van der Waals surface area contributed by atoms with Crippen molar-refractivity contribution < 1.29 is 19.1 Å². The number of nitrogens with one attached hydrogen (secondary N) is 1. The van der Waals surface area contributed by atoms with Crippen LogP contribution in [0.5, 0.6) is 0 Å². The average Bonchev–Trinajstić information content (AvgIpc) is 2.76. The molecule has 1 aliphatic heterocycles. The number of rotatable bonds is 6. The monoisotopic (exact) mass is 438 g/mol. The molecule has 0 radical (unpaired) electrons. The van der Waals surface area contributed by atoms with E-state index in [9.17, 15) is 9.59 Å². The van der Waals surface area contributed by atoms with Gasteiger partial charge in [-0.2, -0.15) is 0 Å². The van der Waals surface area contributed by atoms with Crippen LogP contribution in [0.2, 0.25) is 0 Å². The molecule has 1 aliphatic rings. The molecule has 2 aromatic rings. The number of carbonyl (C=O) groups is 2. The lowest BCUT2D eigenvalue weighted by molar-refractivity contribution is 0.00459. The molecule has 2 unspecified atom stereocenters. The zero-order valence-corrected chi connectivity index (χ0v) is 19.3. The Kier molecular flexibility index (Phi) is 8.14. The van der Waals surface area contributed by atoms with E-state index >= 15 is 0 Å². The standard InChI is InChI=1S/C26H34N2O4/c1-26(2,3)32-25(30)28-15-14-22(17-23(28)16-20-10-6-4-7-11-20)18-27-24(29)31-19-21-12-8-5-9-13-21/h4-13,22-23H,14-19H2,1-3H3,(H,27,29). The van der Waals surface area contributed by atoms with Gasteiger partial charge in [0.1, 0.15) is 12.2 Å². The third-order valence-corrected chi connectivity index (χ3v) is 5.51. The largest absolute Gasteiger partial charge is 0.445 e. The fraction of sp³-hybridized carbons (Fsp3) is 0.462. The Morgan fingerprint density at radius 2 is 1.62 bits per heavy atom. The van der Waals surface area contributed by atoms with E-state index in [0.29, 0.717) is 13.1 Å². The highest BCUT2D eigenvalue weighted by atomic mass is 16.6. The van der Waals surface area contributed by atoms with Crippen molar-refractivity contribution in [2.45, 2.75) is 58.3 Å². The zero-order valence-electron chi connectivity index (χ0n) is 19.3. The number of amides is 2. The van der Waals surface area contributed by atoms with Crippen LogP contribution in [0.1, 0.15) is 44.7 Å². The van der Waals surface area contributed by atoms with Crippen molar-refractivity contribution in [2.75, 3.05) is 13.1 Å². The highest BCUT2D eigenvalue weighted by Crippen LogP contribution is 2.27. The maximum atomic E-state index is 12.8. The lowest BCUT2D eigenvalue weighted by atomic mass is 9.87. The highest BCUT2D eigenvalue weighted by molar-refractivity contribution is 5.69. The summed E-state index contributed by atoms with van der Waals surface area (Å²) in [6.07, 6.45) is 1.68. The summed E-state index contributed by atoms with van der Waals surface area (Å²) in [5, 5.41) is 2.89. The smallest absolute Gasteiger partial charge is 0.410 e. The van der Waals surface area contributed by atoms with E-state index in [1.807, 2.05) is 74.2 Å². The van der Waals surface area contributed by atoms with Crippen LogP contribution < -0.4 is 5.32 Å². The van der Waals surface area contributed by atoms with Crippen molar-refractivity contribution in [1.29, 1.82) is 0 Å². The van der Waals surface area contributed by atoms with Crippen LogP contribution in [0.4, 0.5) is 9.59 Å². The van der Waals surface area contributed by atoms with Gasteiger partial charge in [0.15, 0.2) is 0 Å². The molecule has 6 nitrogen and oxygen atoms in total. The van der Waals surface area contributed by atoms with E-state index in [1.165, 1.54) is 5.56 Å². The van der Waals surface area contributed by atoms with Gasteiger partial charge in [-0.3, -0.25) is 0 Å². The molecule has 0 aromatic heterocycles. The van der Waals surface area contributed by atoms with Gasteiger partial charge >= 0.3 is 12.2 Å². The number of ether oxygens (including phenoxy) is 2.